The van der Waals surface area contributed by atoms with Gasteiger partial charge < -0.3 is 10.0 Å². The van der Waals surface area contributed by atoms with Crippen molar-refractivity contribution in [1.29, 1.82) is 0 Å². The lowest BCUT2D eigenvalue weighted by Crippen LogP contribution is -2.46. The third kappa shape index (κ3) is 6.31. The summed E-state index contributed by atoms with van der Waals surface area (Å²) in [5.41, 5.74) is 3.64. The van der Waals surface area contributed by atoms with Crippen LogP contribution in [0.2, 0.25) is 0 Å². The van der Waals surface area contributed by atoms with Gasteiger partial charge in [-0.05, 0) is 48.6 Å². The highest BCUT2D eigenvalue weighted by Gasteiger charge is 2.43. The van der Waals surface area contributed by atoms with E-state index in [9.17, 15) is 9.90 Å². The Labute approximate surface area is 238 Å². The number of aromatic nitrogens is 3. The monoisotopic (exact) mass is 541 g/mol. The molecule has 0 spiro atoms. The molecule has 2 saturated heterocycles. The van der Waals surface area contributed by atoms with E-state index < -0.39 is 5.97 Å². The zero-order chi connectivity index (χ0) is 27.3. The number of hydrogen-bond acceptors (Lipinski definition) is 5. The Morgan fingerprint density at radius 3 is 2.30 bits per heavy atom. The van der Waals surface area contributed by atoms with Crippen LogP contribution in [0.5, 0.6) is 0 Å². The van der Waals surface area contributed by atoms with Crippen LogP contribution in [0.1, 0.15) is 73.7 Å². The molecule has 1 aromatic heterocycles. The summed E-state index contributed by atoms with van der Waals surface area (Å²) in [5.74, 6) is 0.464. The standard InChI is InChI=1S/C33H43N5O2/c39-33(40)32(27-14-8-3-9-15-27)37-23-28(31(24-37)26-12-6-2-7-13-26)22-36-18-16-30(17-19-36)38-34-21-29(35-38)20-25-10-4-1-5-11-25/h1-2,4-7,10-13,21,27-28,30-32H,3,8-9,14-20,22-24H2,(H,39,40). The first-order valence-corrected chi connectivity index (χ1v) is 15.3. The van der Waals surface area contributed by atoms with Crippen LogP contribution >= 0.6 is 0 Å². The van der Waals surface area contributed by atoms with E-state index in [4.69, 9.17) is 5.10 Å². The molecule has 3 heterocycles. The predicted octanol–water partition coefficient (Wildman–Crippen LogP) is 5.25. The maximum Gasteiger partial charge on any atom is 0.321 e. The Morgan fingerprint density at radius 2 is 1.60 bits per heavy atom. The van der Waals surface area contributed by atoms with Gasteiger partial charge >= 0.3 is 5.97 Å². The molecule has 3 fully saturated rings. The molecule has 6 rings (SSSR count). The molecule has 1 N–H and O–H groups in total. The largest absolute Gasteiger partial charge is 0.480 e. The van der Waals surface area contributed by atoms with Gasteiger partial charge in [0.2, 0.25) is 0 Å². The quantitative estimate of drug-likeness (QED) is 0.399. The molecule has 2 aliphatic heterocycles. The minimum absolute atomic E-state index is 0.283. The zero-order valence-electron chi connectivity index (χ0n) is 23.5. The Balaban J connectivity index is 1.09. The van der Waals surface area contributed by atoms with E-state index in [1.165, 1.54) is 30.4 Å². The normalized spacial score (nSPS) is 24.3. The van der Waals surface area contributed by atoms with E-state index in [1.54, 1.807) is 0 Å². The number of carbonyl (C=O) groups is 1. The molecule has 7 nitrogen and oxygen atoms in total. The van der Waals surface area contributed by atoms with Crippen LogP contribution in [0.4, 0.5) is 0 Å². The van der Waals surface area contributed by atoms with Crippen LogP contribution in [-0.2, 0) is 11.2 Å². The average molecular weight is 542 g/mol. The number of benzene rings is 2. The Bertz CT molecular complexity index is 1220. The molecular weight excluding hydrogens is 498 g/mol. The van der Waals surface area contributed by atoms with Gasteiger partial charge in [-0.25, -0.2) is 0 Å². The molecule has 3 aliphatic rings. The van der Waals surface area contributed by atoms with Gasteiger partial charge in [-0.1, -0.05) is 79.9 Å². The molecule has 3 atom stereocenters. The van der Waals surface area contributed by atoms with Crippen LogP contribution in [0, 0.1) is 11.8 Å². The third-order valence-electron chi connectivity index (χ3n) is 9.60. The lowest BCUT2D eigenvalue weighted by Gasteiger charge is -2.35. The molecule has 2 aromatic carbocycles. The first-order chi connectivity index (χ1) is 19.6. The van der Waals surface area contributed by atoms with Gasteiger partial charge in [-0.15, -0.1) is 0 Å². The highest BCUT2D eigenvalue weighted by atomic mass is 16.4. The van der Waals surface area contributed by atoms with E-state index in [0.29, 0.717) is 17.9 Å². The Kier molecular flexibility index (Phi) is 8.59. The number of aliphatic carboxylic acids is 1. The van der Waals surface area contributed by atoms with E-state index in [2.05, 4.69) is 69.5 Å². The second kappa shape index (κ2) is 12.6. The van der Waals surface area contributed by atoms with Gasteiger partial charge in [0.25, 0.3) is 0 Å². The number of likely N-dealkylation sites (tertiary alicyclic amines) is 2. The molecule has 0 bridgehead atoms. The summed E-state index contributed by atoms with van der Waals surface area (Å²) >= 11 is 0. The molecule has 3 aromatic rings. The molecule has 212 valence electrons. The molecule has 3 unspecified atom stereocenters. The first-order valence-electron chi connectivity index (χ1n) is 15.3. The van der Waals surface area contributed by atoms with Crippen molar-refractivity contribution in [3.8, 4) is 0 Å². The summed E-state index contributed by atoms with van der Waals surface area (Å²) in [4.78, 5) is 19.4. The molecule has 1 saturated carbocycles. The number of carboxylic acid groups (broad SMARTS) is 1. The van der Waals surface area contributed by atoms with Crippen LogP contribution in [0.15, 0.2) is 66.9 Å². The first kappa shape index (κ1) is 27.2. The second-order valence-electron chi connectivity index (χ2n) is 12.3. The van der Waals surface area contributed by atoms with Crippen molar-refractivity contribution in [2.24, 2.45) is 11.8 Å². The highest BCUT2D eigenvalue weighted by molar-refractivity contribution is 5.74. The molecule has 7 heteroatoms. The maximum absolute atomic E-state index is 12.5. The molecule has 0 amide bonds. The van der Waals surface area contributed by atoms with Crippen molar-refractivity contribution < 1.29 is 9.90 Å². The van der Waals surface area contributed by atoms with Gasteiger partial charge in [0.1, 0.15) is 6.04 Å². The van der Waals surface area contributed by atoms with Crippen LogP contribution < -0.4 is 0 Å². The smallest absolute Gasteiger partial charge is 0.321 e. The van der Waals surface area contributed by atoms with Gasteiger partial charge in [0.15, 0.2) is 0 Å². The predicted molar refractivity (Wildman–Crippen MR) is 156 cm³/mol. The van der Waals surface area contributed by atoms with Crippen molar-refractivity contribution in [3.05, 3.63) is 83.7 Å². The van der Waals surface area contributed by atoms with Gasteiger partial charge in [0, 0.05) is 45.1 Å². The van der Waals surface area contributed by atoms with E-state index in [1.807, 2.05) is 17.1 Å². The second-order valence-corrected chi connectivity index (χ2v) is 12.3. The van der Waals surface area contributed by atoms with Crippen molar-refractivity contribution in [2.45, 2.75) is 69.4 Å². The molecular formula is C33H43N5O2. The van der Waals surface area contributed by atoms with Crippen LogP contribution in [-0.4, -0.2) is 74.6 Å². The van der Waals surface area contributed by atoms with E-state index in [0.717, 1.165) is 70.5 Å². The molecule has 0 radical (unpaired) electrons. The summed E-state index contributed by atoms with van der Waals surface area (Å²) in [5, 5.41) is 19.8. The third-order valence-corrected chi connectivity index (χ3v) is 9.60. The molecule has 1 aliphatic carbocycles. The van der Waals surface area contributed by atoms with Crippen molar-refractivity contribution in [1.82, 2.24) is 24.8 Å². The average Bonchev–Trinajstić information content (AvgIpc) is 3.62. The van der Waals surface area contributed by atoms with E-state index in [-0.39, 0.29) is 12.0 Å². The Morgan fingerprint density at radius 1 is 0.900 bits per heavy atom. The summed E-state index contributed by atoms with van der Waals surface area (Å²) in [6.07, 6.45) is 10.5. The van der Waals surface area contributed by atoms with Crippen molar-refractivity contribution >= 4 is 5.97 Å². The fourth-order valence-corrected chi connectivity index (χ4v) is 7.54. The number of piperidine rings is 1. The highest BCUT2D eigenvalue weighted by Crippen LogP contribution is 2.38. The number of hydrogen-bond donors (Lipinski definition) is 1. The number of carboxylic acids is 1. The fraction of sp³-hybridized carbons (Fsp3) is 0.545. The fourth-order valence-electron chi connectivity index (χ4n) is 7.54. The van der Waals surface area contributed by atoms with Gasteiger partial charge in [0.05, 0.1) is 17.9 Å². The Hall–Kier alpha value is -3.03. The topological polar surface area (TPSA) is 74.5 Å². The van der Waals surface area contributed by atoms with Crippen LogP contribution in [0.3, 0.4) is 0 Å². The summed E-state index contributed by atoms with van der Waals surface area (Å²) in [6.45, 7) is 4.80. The lowest BCUT2D eigenvalue weighted by molar-refractivity contribution is -0.145. The number of rotatable bonds is 9. The van der Waals surface area contributed by atoms with Gasteiger partial charge in [-0.2, -0.15) is 15.0 Å². The minimum Gasteiger partial charge on any atom is -0.480 e. The maximum atomic E-state index is 12.5. The zero-order valence-corrected chi connectivity index (χ0v) is 23.5. The SMILES string of the molecule is O=C(O)C(C1CCCCC1)N1CC(CN2CCC(n3ncc(Cc4ccccc4)n3)CC2)C(c2ccccc2)C1. The summed E-state index contributed by atoms with van der Waals surface area (Å²) < 4.78 is 0. The van der Waals surface area contributed by atoms with E-state index >= 15 is 0 Å². The van der Waals surface area contributed by atoms with Crippen molar-refractivity contribution in [3.63, 3.8) is 0 Å². The number of nitrogens with zero attached hydrogens (tertiary/aromatic N) is 5. The summed E-state index contributed by atoms with van der Waals surface area (Å²) in [6, 6.07) is 21.2. The van der Waals surface area contributed by atoms with Crippen LogP contribution in [0.25, 0.3) is 0 Å². The lowest BCUT2D eigenvalue weighted by atomic mass is 9.83. The van der Waals surface area contributed by atoms with Crippen molar-refractivity contribution in [2.75, 3.05) is 32.7 Å². The van der Waals surface area contributed by atoms with Gasteiger partial charge in [-0.3, -0.25) is 9.69 Å². The molecule has 40 heavy (non-hydrogen) atoms. The minimum atomic E-state index is -0.626. The summed E-state index contributed by atoms with van der Waals surface area (Å²) in [7, 11) is 0.